The molecule has 0 saturated carbocycles. The number of fused-ring (bicyclic) bond motifs is 3. The number of hydrogen-bond acceptors (Lipinski definition) is 1. The number of H-pyrrole nitrogens is 1. The van der Waals surface area contributed by atoms with Crippen molar-refractivity contribution < 1.29 is 0 Å². The summed E-state index contributed by atoms with van der Waals surface area (Å²) in [4.78, 5) is 7.27. The van der Waals surface area contributed by atoms with E-state index in [0.29, 0.717) is 0 Å². The minimum absolute atomic E-state index is 1.08. The Kier molecular flexibility index (Phi) is 2.74. The summed E-state index contributed by atoms with van der Waals surface area (Å²) >= 11 is 3.56. The maximum absolute atomic E-state index is 4.10. The van der Waals surface area contributed by atoms with Gasteiger partial charge in [-0.25, -0.2) is 4.98 Å². The molecule has 0 amide bonds. The van der Waals surface area contributed by atoms with Crippen LogP contribution in [0.15, 0.2) is 53.4 Å². The zero-order valence-electron chi connectivity index (χ0n) is 10.9. The fourth-order valence-corrected chi connectivity index (χ4v) is 3.35. The number of benzene rings is 2. The van der Waals surface area contributed by atoms with Crippen LogP contribution in [0.1, 0.15) is 11.1 Å². The van der Waals surface area contributed by atoms with Gasteiger partial charge in [0.1, 0.15) is 0 Å². The van der Waals surface area contributed by atoms with Crippen LogP contribution in [-0.2, 0) is 12.8 Å². The van der Waals surface area contributed by atoms with Gasteiger partial charge in [0.25, 0.3) is 0 Å². The summed E-state index contributed by atoms with van der Waals surface area (Å²) in [5, 5.41) is 0. The summed E-state index contributed by atoms with van der Waals surface area (Å²) in [7, 11) is 0. The molecular weight excluding hydrogens is 312 g/mol. The highest BCUT2D eigenvalue weighted by atomic mass is 79.9. The molecule has 0 unspecified atom stereocenters. The Morgan fingerprint density at radius 2 is 1.70 bits per heavy atom. The average molecular weight is 325 g/mol. The number of nitrogens with one attached hydrogen (secondary N) is 1. The van der Waals surface area contributed by atoms with Crippen molar-refractivity contribution in [2.45, 2.75) is 12.8 Å². The Morgan fingerprint density at radius 3 is 2.45 bits per heavy atom. The quantitative estimate of drug-likeness (QED) is 0.696. The molecule has 3 aromatic rings. The van der Waals surface area contributed by atoms with Gasteiger partial charge in [0.2, 0.25) is 0 Å². The van der Waals surface area contributed by atoms with Gasteiger partial charge in [-0.1, -0.05) is 34.1 Å². The molecule has 0 spiro atoms. The first kappa shape index (κ1) is 11.9. The zero-order chi connectivity index (χ0) is 13.5. The van der Waals surface area contributed by atoms with Crippen molar-refractivity contribution in [1.29, 1.82) is 0 Å². The molecule has 1 aliphatic rings. The first-order chi connectivity index (χ1) is 9.81. The van der Waals surface area contributed by atoms with Crippen molar-refractivity contribution in [3.63, 3.8) is 0 Å². The van der Waals surface area contributed by atoms with Crippen LogP contribution in [0.3, 0.4) is 0 Å². The van der Waals surface area contributed by atoms with Gasteiger partial charge in [-0.05, 0) is 58.9 Å². The highest BCUT2D eigenvalue weighted by Crippen LogP contribution is 2.36. The van der Waals surface area contributed by atoms with Crippen molar-refractivity contribution >= 4 is 15.9 Å². The fraction of sp³-hybridized carbons (Fsp3) is 0.118. The molecule has 0 fully saturated rings. The molecule has 20 heavy (non-hydrogen) atoms. The lowest BCUT2D eigenvalue weighted by Gasteiger charge is -2.20. The Hall–Kier alpha value is -1.87. The first-order valence-electron chi connectivity index (χ1n) is 6.72. The number of imidazole rings is 1. The monoisotopic (exact) mass is 324 g/mol. The molecule has 0 aliphatic heterocycles. The van der Waals surface area contributed by atoms with Crippen molar-refractivity contribution in [3.05, 3.63) is 64.5 Å². The van der Waals surface area contributed by atoms with Gasteiger partial charge in [0.05, 0.1) is 18.2 Å². The molecule has 3 heteroatoms. The number of aromatic nitrogens is 2. The van der Waals surface area contributed by atoms with Crippen molar-refractivity contribution in [2.75, 3.05) is 0 Å². The number of nitrogens with zero attached hydrogens (tertiary/aromatic N) is 1. The summed E-state index contributed by atoms with van der Waals surface area (Å²) in [6.45, 7) is 0. The van der Waals surface area contributed by atoms with E-state index in [2.05, 4.69) is 62.3 Å². The van der Waals surface area contributed by atoms with E-state index in [1.54, 1.807) is 6.33 Å². The van der Waals surface area contributed by atoms with Crippen LogP contribution in [0.25, 0.3) is 22.4 Å². The van der Waals surface area contributed by atoms with Gasteiger partial charge in [0.15, 0.2) is 0 Å². The topological polar surface area (TPSA) is 28.7 Å². The van der Waals surface area contributed by atoms with E-state index < -0.39 is 0 Å². The van der Waals surface area contributed by atoms with Crippen LogP contribution < -0.4 is 0 Å². The van der Waals surface area contributed by atoms with Gasteiger partial charge < -0.3 is 4.98 Å². The second kappa shape index (κ2) is 4.60. The SMILES string of the molecule is Brc1ccc2c(c1)CCc1cc(-c3cnc[nH]3)ccc1-2. The molecule has 0 radical (unpaired) electrons. The smallest absolute Gasteiger partial charge is 0.0924 e. The number of aromatic amines is 1. The van der Waals surface area contributed by atoms with E-state index in [9.17, 15) is 0 Å². The Labute approximate surface area is 126 Å². The molecule has 1 aliphatic carbocycles. The molecule has 1 heterocycles. The Balaban J connectivity index is 1.85. The normalized spacial score (nSPS) is 12.8. The van der Waals surface area contributed by atoms with Crippen LogP contribution >= 0.6 is 15.9 Å². The van der Waals surface area contributed by atoms with E-state index in [-0.39, 0.29) is 0 Å². The molecule has 98 valence electrons. The molecule has 0 atom stereocenters. The largest absolute Gasteiger partial charge is 0.345 e. The van der Waals surface area contributed by atoms with Gasteiger partial charge in [-0.2, -0.15) is 0 Å². The predicted molar refractivity (Wildman–Crippen MR) is 84.6 cm³/mol. The molecule has 1 aromatic heterocycles. The molecule has 2 aromatic carbocycles. The maximum Gasteiger partial charge on any atom is 0.0924 e. The minimum Gasteiger partial charge on any atom is -0.345 e. The van der Waals surface area contributed by atoms with E-state index in [1.165, 1.54) is 27.8 Å². The van der Waals surface area contributed by atoms with Crippen molar-refractivity contribution in [1.82, 2.24) is 9.97 Å². The van der Waals surface area contributed by atoms with Gasteiger partial charge in [-0.15, -0.1) is 0 Å². The summed E-state index contributed by atoms with van der Waals surface area (Å²) in [6.07, 6.45) is 5.80. The lowest BCUT2D eigenvalue weighted by Crippen LogP contribution is -2.04. The zero-order valence-corrected chi connectivity index (χ0v) is 12.4. The van der Waals surface area contributed by atoms with Crippen LogP contribution in [-0.4, -0.2) is 9.97 Å². The first-order valence-corrected chi connectivity index (χ1v) is 7.51. The fourth-order valence-electron chi connectivity index (χ4n) is 2.95. The van der Waals surface area contributed by atoms with Crippen LogP contribution in [0, 0.1) is 0 Å². The van der Waals surface area contributed by atoms with Crippen LogP contribution in [0.4, 0.5) is 0 Å². The molecule has 4 rings (SSSR count). The molecule has 1 N–H and O–H groups in total. The number of halogens is 1. The van der Waals surface area contributed by atoms with Gasteiger partial charge in [-0.3, -0.25) is 0 Å². The van der Waals surface area contributed by atoms with E-state index in [4.69, 9.17) is 0 Å². The minimum atomic E-state index is 1.08. The molecule has 2 nitrogen and oxygen atoms in total. The summed E-state index contributed by atoms with van der Waals surface area (Å²) in [5.41, 5.74) is 7.87. The molecular formula is C17H13BrN2. The van der Waals surface area contributed by atoms with E-state index in [1.807, 2.05) is 6.20 Å². The number of aryl methyl sites for hydroxylation is 2. The third-order valence-corrected chi connectivity index (χ3v) is 4.43. The van der Waals surface area contributed by atoms with Crippen molar-refractivity contribution in [3.8, 4) is 22.4 Å². The maximum atomic E-state index is 4.10. The number of hydrogen-bond donors (Lipinski definition) is 1. The lowest BCUT2D eigenvalue weighted by molar-refractivity contribution is 0.941. The summed E-state index contributed by atoms with van der Waals surface area (Å²) in [6, 6.07) is 13.3. The average Bonchev–Trinajstić information content (AvgIpc) is 3.00. The third kappa shape index (κ3) is 1.90. The van der Waals surface area contributed by atoms with Crippen LogP contribution in [0.2, 0.25) is 0 Å². The summed E-state index contributed by atoms with van der Waals surface area (Å²) in [5.74, 6) is 0. The Morgan fingerprint density at radius 1 is 0.950 bits per heavy atom. The highest BCUT2D eigenvalue weighted by Gasteiger charge is 2.16. The van der Waals surface area contributed by atoms with Gasteiger partial charge in [0, 0.05) is 4.47 Å². The van der Waals surface area contributed by atoms with Gasteiger partial charge >= 0.3 is 0 Å². The van der Waals surface area contributed by atoms with E-state index in [0.717, 1.165) is 23.0 Å². The lowest BCUT2D eigenvalue weighted by atomic mass is 9.84. The van der Waals surface area contributed by atoms with Crippen molar-refractivity contribution in [2.24, 2.45) is 0 Å². The van der Waals surface area contributed by atoms with Crippen LogP contribution in [0.5, 0.6) is 0 Å². The predicted octanol–water partition coefficient (Wildman–Crippen LogP) is 4.60. The second-order valence-corrected chi connectivity index (χ2v) is 6.05. The third-order valence-electron chi connectivity index (χ3n) is 3.94. The Bertz CT molecular complexity index is 776. The molecule has 0 bridgehead atoms. The highest BCUT2D eigenvalue weighted by molar-refractivity contribution is 9.10. The summed E-state index contributed by atoms with van der Waals surface area (Å²) < 4.78 is 1.16. The van der Waals surface area contributed by atoms with E-state index >= 15 is 0 Å². The number of rotatable bonds is 1. The second-order valence-electron chi connectivity index (χ2n) is 5.14. The standard InChI is InChI=1S/C17H13BrN2/c18-14-4-6-16-12(8-14)2-1-11-7-13(3-5-15(11)16)17-9-19-10-20-17/h3-10H,1-2H2,(H,19,20). The molecule has 0 saturated heterocycles.